The van der Waals surface area contributed by atoms with Gasteiger partial charge in [-0.25, -0.2) is 0 Å². The highest BCUT2D eigenvalue weighted by Crippen LogP contribution is 2.28. The molecule has 1 saturated heterocycles. The van der Waals surface area contributed by atoms with Crippen LogP contribution in [-0.4, -0.2) is 37.0 Å². The number of nitrogens with one attached hydrogen (secondary N) is 1. The third-order valence-corrected chi connectivity index (χ3v) is 5.19. The quantitative estimate of drug-likeness (QED) is 0.754. The van der Waals surface area contributed by atoms with E-state index in [1.54, 1.807) is 0 Å². The van der Waals surface area contributed by atoms with Gasteiger partial charge in [0.05, 0.1) is 0 Å². The van der Waals surface area contributed by atoms with Gasteiger partial charge in [0.15, 0.2) is 0 Å². The SMILES string of the molecule is CC(CC1CCOCC1)NC(CCO)C1CCCCC1. The van der Waals surface area contributed by atoms with E-state index in [0.717, 1.165) is 31.5 Å². The maximum Gasteiger partial charge on any atom is 0.0468 e. The van der Waals surface area contributed by atoms with Crippen LogP contribution in [0.4, 0.5) is 0 Å². The number of rotatable bonds is 7. The lowest BCUT2D eigenvalue weighted by atomic mass is 9.82. The second kappa shape index (κ2) is 9.01. The molecular formula is C17H33NO2. The normalized spacial score (nSPS) is 25.5. The largest absolute Gasteiger partial charge is 0.396 e. The van der Waals surface area contributed by atoms with Crippen LogP contribution < -0.4 is 5.32 Å². The predicted octanol–water partition coefficient (Wildman–Crippen LogP) is 3.11. The van der Waals surface area contributed by atoms with E-state index >= 15 is 0 Å². The summed E-state index contributed by atoms with van der Waals surface area (Å²) in [7, 11) is 0. The third-order valence-electron chi connectivity index (χ3n) is 5.19. The second-order valence-electron chi connectivity index (χ2n) is 6.88. The minimum atomic E-state index is 0.318. The van der Waals surface area contributed by atoms with E-state index in [1.165, 1.54) is 51.4 Å². The Hall–Kier alpha value is -0.120. The number of aliphatic hydroxyl groups is 1. The van der Waals surface area contributed by atoms with Crippen molar-refractivity contribution in [3.05, 3.63) is 0 Å². The minimum absolute atomic E-state index is 0.318. The van der Waals surface area contributed by atoms with Crippen molar-refractivity contribution < 1.29 is 9.84 Å². The van der Waals surface area contributed by atoms with Crippen LogP contribution in [0.15, 0.2) is 0 Å². The average Bonchev–Trinajstić information content (AvgIpc) is 2.49. The first kappa shape index (κ1) is 16.3. The van der Waals surface area contributed by atoms with Gasteiger partial charge >= 0.3 is 0 Å². The Morgan fingerprint density at radius 2 is 1.80 bits per heavy atom. The number of hydrogen-bond donors (Lipinski definition) is 2. The molecule has 2 atom stereocenters. The van der Waals surface area contributed by atoms with Gasteiger partial charge in [-0.1, -0.05) is 19.3 Å². The van der Waals surface area contributed by atoms with Gasteiger partial charge in [0, 0.05) is 31.9 Å². The number of hydrogen-bond acceptors (Lipinski definition) is 3. The van der Waals surface area contributed by atoms with Crippen molar-refractivity contribution in [3.8, 4) is 0 Å². The molecule has 0 amide bonds. The van der Waals surface area contributed by atoms with Gasteiger partial charge in [0.25, 0.3) is 0 Å². The number of ether oxygens (including phenoxy) is 1. The maximum atomic E-state index is 9.35. The molecule has 118 valence electrons. The van der Waals surface area contributed by atoms with E-state index < -0.39 is 0 Å². The van der Waals surface area contributed by atoms with Crippen molar-refractivity contribution >= 4 is 0 Å². The molecule has 3 heteroatoms. The third kappa shape index (κ3) is 5.34. The first-order valence-electron chi connectivity index (χ1n) is 8.74. The first-order valence-corrected chi connectivity index (χ1v) is 8.74. The smallest absolute Gasteiger partial charge is 0.0468 e. The zero-order valence-corrected chi connectivity index (χ0v) is 13.2. The molecule has 0 aromatic carbocycles. The summed E-state index contributed by atoms with van der Waals surface area (Å²) in [4.78, 5) is 0. The molecule has 0 spiro atoms. The molecule has 0 aromatic rings. The maximum absolute atomic E-state index is 9.35. The molecule has 1 heterocycles. The standard InChI is InChI=1S/C17H33NO2/c1-14(13-15-8-11-20-12-9-15)18-17(7-10-19)16-5-3-2-4-6-16/h14-19H,2-13H2,1H3. The molecule has 0 bridgehead atoms. The first-order chi connectivity index (χ1) is 9.79. The van der Waals surface area contributed by atoms with Gasteiger partial charge in [-0.05, 0) is 57.3 Å². The summed E-state index contributed by atoms with van der Waals surface area (Å²) in [6.07, 6.45) is 11.5. The Balaban J connectivity index is 1.76. The molecular weight excluding hydrogens is 250 g/mol. The van der Waals surface area contributed by atoms with Crippen LogP contribution in [0.25, 0.3) is 0 Å². The molecule has 2 N–H and O–H groups in total. The summed E-state index contributed by atoms with van der Waals surface area (Å²) in [6.45, 7) is 4.53. The summed E-state index contributed by atoms with van der Waals surface area (Å²) in [6, 6.07) is 1.09. The van der Waals surface area contributed by atoms with Gasteiger partial charge in [-0.2, -0.15) is 0 Å². The van der Waals surface area contributed by atoms with Crippen molar-refractivity contribution in [1.82, 2.24) is 5.32 Å². The Morgan fingerprint density at radius 3 is 2.45 bits per heavy atom. The fourth-order valence-corrected chi connectivity index (χ4v) is 4.05. The van der Waals surface area contributed by atoms with Crippen LogP contribution in [0.1, 0.15) is 64.7 Å². The molecule has 20 heavy (non-hydrogen) atoms. The Kier molecular flexibility index (Phi) is 7.32. The van der Waals surface area contributed by atoms with Gasteiger partial charge in [-0.15, -0.1) is 0 Å². The number of aliphatic hydroxyl groups excluding tert-OH is 1. The van der Waals surface area contributed by atoms with Crippen molar-refractivity contribution in [3.63, 3.8) is 0 Å². The summed E-state index contributed by atoms with van der Waals surface area (Å²) in [5, 5.41) is 13.2. The molecule has 3 nitrogen and oxygen atoms in total. The van der Waals surface area contributed by atoms with Gasteiger partial charge < -0.3 is 15.2 Å². The van der Waals surface area contributed by atoms with E-state index in [4.69, 9.17) is 4.74 Å². The molecule has 2 rings (SSSR count). The second-order valence-corrected chi connectivity index (χ2v) is 6.88. The molecule has 0 radical (unpaired) electrons. The fourth-order valence-electron chi connectivity index (χ4n) is 4.05. The molecule has 2 unspecified atom stereocenters. The van der Waals surface area contributed by atoms with Crippen molar-refractivity contribution in [2.24, 2.45) is 11.8 Å². The molecule has 1 aliphatic heterocycles. The molecule has 0 aromatic heterocycles. The lowest BCUT2D eigenvalue weighted by Crippen LogP contribution is -2.43. The topological polar surface area (TPSA) is 41.5 Å². The summed E-state index contributed by atoms with van der Waals surface area (Å²) in [5.41, 5.74) is 0. The lowest BCUT2D eigenvalue weighted by molar-refractivity contribution is 0.0598. The molecule has 2 aliphatic rings. The molecule has 2 fully saturated rings. The monoisotopic (exact) mass is 283 g/mol. The highest BCUT2D eigenvalue weighted by molar-refractivity contribution is 4.82. The van der Waals surface area contributed by atoms with E-state index in [0.29, 0.717) is 18.7 Å². The predicted molar refractivity (Wildman–Crippen MR) is 82.8 cm³/mol. The zero-order valence-electron chi connectivity index (χ0n) is 13.2. The van der Waals surface area contributed by atoms with Crippen molar-refractivity contribution in [1.29, 1.82) is 0 Å². The van der Waals surface area contributed by atoms with Gasteiger partial charge in [-0.3, -0.25) is 0 Å². The van der Waals surface area contributed by atoms with Crippen LogP contribution >= 0.6 is 0 Å². The van der Waals surface area contributed by atoms with E-state index in [9.17, 15) is 5.11 Å². The fraction of sp³-hybridized carbons (Fsp3) is 1.00. The Labute approximate surface area is 124 Å². The highest BCUT2D eigenvalue weighted by Gasteiger charge is 2.25. The minimum Gasteiger partial charge on any atom is -0.396 e. The van der Waals surface area contributed by atoms with E-state index in [2.05, 4.69) is 12.2 Å². The lowest BCUT2D eigenvalue weighted by Gasteiger charge is -2.34. The van der Waals surface area contributed by atoms with E-state index in [-0.39, 0.29) is 0 Å². The summed E-state index contributed by atoms with van der Waals surface area (Å²) < 4.78 is 5.44. The highest BCUT2D eigenvalue weighted by atomic mass is 16.5. The molecule has 1 saturated carbocycles. The van der Waals surface area contributed by atoms with Gasteiger partial charge in [0.2, 0.25) is 0 Å². The summed E-state index contributed by atoms with van der Waals surface area (Å²) >= 11 is 0. The van der Waals surface area contributed by atoms with Crippen LogP contribution in [0, 0.1) is 11.8 Å². The van der Waals surface area contributed by atoms with Gasteiger partial charge in [0.1, 0.15) is 0 Å². The Bertz CT molecular complexity index is 247. The zero-order chi connectivity index (χ0) is 14.2. The van der Waals surface area contributed by atoms with Crippen LogP contribution in [-0.2, 0) is 4.74 Å². The Morgan fingerprint density at radius 1 is 1.10 bits per heavy atom. The van der Waals surface area contributed by atoms with Crippen molar-refractivity contribution in [2.45, 2.75) is 76.8 Å². The average molecular weight is 283 g/mol. The molecule has 1 aliphatic carbocycles. The van der Waals surface area contributed by atoms with Crippen LogP contribution in [0.3, 0.4) is 0 Å². The van der Waals surface area contributed by atoms with Crippen molar-refractivity contribution in [2.75, 3.05) is 19.8 Å². The van der Waals surface area contributed by atoms with E-state index in [1.807, 2.05) is 0 Å². The van der Waals surface area contributed by atoms with Crippen LogP contribution in [0.5, 0.6) is 0 Å². The van der Waals surface area contributed by atoms with Crippen LogP contribution in [0.2, 0.25) is 0 Å². The summed E-state index contributed by atoms with van der Waals surface area (Å²) in [5.74, 6) is 1.61.